The molecule has 0 atom stereocenters. The smallest absolute Gasteiger partial charge is 0.310 e. The zero-order valence-corrected chi connectivity index (χ0v) is 12.8. The Morgan fingerprint density at radius 3 is 2.65 bits per heavy atom. The van der Waals surface area contributed by atoms with Crippen molar-refractivity contribution in [3.8, 4) is 0 Å². The normalized spacial score (nSPS) is 10.3. The second kappa shape index (κ2) is 6.72. The number of thioether (sulfide) groups is 1. The van der Waals surface area contributed by atoms with Crippen LogP contribution in [0.15, 0.2) is 41.3 Å². The molecule has 0 bridgehead atoms. The summed E-state index contributed by atoms with van der Waals surface area (Å²) in [6, 6.07) is 11.1. The van der Waals surface area contributed by atoms with E-state index in [9.17, 15) is 9.59 Å². The summed E-state index contributed by atoms with van der Waals surface area (Å²) in [4.78, 5) is 26.1. The lowest BCUT2D eigenvalue weighted by Crippen LogP contribution is -2.02. The van der Waals surface area contributed by atoms with Gasteiger partial charge in [0.05, 0.1) is 18.4 Å². The average Bonchev–Trinajstić information content (AvgIpc) is 2.94. The molecule has 1 heterocycles. The van der Waals surface area contributed by atoms with Crippen LogP contribution in [0.3, 0.4) is 0 Å². The standard InChI is InChI=1S/C15H14O3S2/c1-18-14(16)9-10-7-8-13(20-10)15(17)11-5-3-4-6-12(11)19-2/h3-8H,9H2,1-2H3. The Kier molecular flexibility index (Phi) is 4.98. The molecule has 0 aliphatic rings. The van der Waals surface area contributed by atoms with Crippen molar-refractivity contribution < 1.29 is 14.3 Å². The minimum absolute atomic E-state index is 0.00364. The van der Waals surface area contributed by atoms with Crippen LogP contribution in [0.4, 0.5) is 0 Å². The van der Waals surface area contributed by atoms with Crippen LogP contribution < -0.4 is 0 Å². The molecule has 5 heteroatoms. The van der Waals surface area contributed by atoms with Crippen LogP contribution in [0.25, 0.3) is 0 Å². The minimum Gasteiger partial charge on any atom is -0.469 e. The summed E-state index contributed by atoms with van der Waals surface area (Å²) in [6.07, 6.45) is 2.15. The Bertz CT molecular complexity index is 632. The molecule has 3 nitrogen and oxygen atoms in total. The molecule has 0 saturated heterocycles. The quantitative estimate of drug-likeness (QED) is 0.482. The van der Waals surface area contributed by atoms with Crippen molar-refractivity contribution in [2.75, 3.05) is 13.4 Å². The lowest BCUT2D eigenvalue weighted by Gasteiger charge is -2.04. The van der Waals surface area contributed by atoms with Crippen molar-refractivity contribution in [3.63, 3.8) is 0 Å². The number of hydrogen-bond donors (Lipinski definition) is 0. The zero-order chi connectivity index (χ0) is 14.5. The van der Waals surface area contributed by atoms with Gasteiger partial charge in [0.25, 0.3) is 0 Å². The van der Waals surface area contributed by atoms with Crippen LogP contribution in [-0.2, 0) is 16.0 Å². The Hall–Kier alpha value is -1.59. The molecule has 1 aromatic heterocycles. The number of thiophene rings is 1. The second-order valence-electron chi connectivity index (χ2n) is 4.05. The number of hydrogen-bond acceptors (Lipinski definition) is 5. The van der Waals surface area contributed by atoms with E-state index in [1.807, 2.05) is 30.5 Å². The number of rotatable bonds is 5. The summed E-state index contributed by atoms with van der Waals surface area (Å²) < 4.78 is 4.62. The van der Waals surface area contributed by atoms with E-state index in [-0.39, 0.29) is 18.2 Å². The van der Waals surface area contributed by atoms with Gasteiger partial charge in [-0.2, -0.15) is 0 Å². The highest BCUT2D eigenvalue weighted by molar-refractivity contribution is 7.98. The maximum Gasteiger partial charge on any atom is 0.310 e. The molecule has 0 unspecified atom stereocenters. The molecule has 0 N–H and O–H groups in total. The average molecular weight is 306 g/mol. The number of methoxy groups -OCH3 is 1. The molecule has 0 amide bonds. The SMILES string of the molecule is COC(=O)Cc1ccc(C(=O)c2ccccc2SC)s1. The molecule has 1 aromatic carbocycles. The monoisotopic (exact) mass is 306 g/mol. The van der Waals surface area contributed by atoms with E-state index in [1.165, 1.54) is 18.4 Å². The molecule has 2 rings (SSSR count). The van der Waals surface area contributed by atoms with Crippen LogP contribution in [-0.4, -0.2) is 25.1 Å². The number of carbonyl (C=O) groups excluding carboxylic acids is 2. The van der Waals surface area contributed by atoms with Gasteiger partial charge in [-0.05, 0) is 30.5 Å². The Labute approximate surface area is 126 Å². The molecule has 0 radical (unpaired) electrons. The molecule has 0 spiro atoms. The molecule has 0 aliphatic carbocycles. The number of ketones is 1. The fourth-order valence-corrected chi connectivity index (χ4v) is 3.32. The summed E-state index contributed by atoms with van der Waals surface area (Å²) in [5, 5.41) is 0. The van der Waals surface area contributed by atoms with E-state index in [4.69, 9.17) is 0 Å². The van der Waals surface area contributed by atoms with E-state index in [0.29, 0.717) is 10.4 Å². The van der Waals surface area contributed by atoms with Crippen molar-refractivity contribution >= 4 is 34.9 Å². The molecule has 0 saturated carbocycles. The maximum atomic E-state index is 12.5. The van der Waals surface area contributed by atoms with Crippen molar-refractivity contribution in [3.05, 3.63) is 51.7 Å². The molecular weight excluding hydrogens is 292 g/mol. The highest BCUT2D eigenvalue weighted by Gasteiger charge is 2.16. The first-order valence-corrected chi connectivity index (χ1v) is 8.03. The maximum absolute atomic E-state index is 12.5. The molecule has 20 heavy (non-hydrogen) atoms. The van der Waals surface area contributed by atoms with Gasteiger partial charge in [-0.1, -0.05) is 12.1 Å². The van der Waals surface area contributed by atoms with Gasteiger partial charge < -0.3 is 4.74 Å². The third-order valence-electron chi connectivity index (χ3n) is 2.78. The molecular formula is C15H14O3S2. The summed E-state index contributed by atoms with van der Waals surface area (Å²) in [7, 11) is 1.36. The van der Waals surface area contributed by atoms with Crippen LogP contribution >= 0.6 is 23.1 Å². The predicted octanol–water partition coefficient (Wildman–Crippen LogP) is 3.42. The fourth-order valence-electron chi connectivity index (χ4n) is 1.77. The van der Waals surface area contributed by atoms with Crippen LogP contribution in [0.5, 0.6) is 0 Å². The Balaban J connectivity index is 2.23. The van der Waals surface area contributed by atoms with Gasteiger partial charge in [0.2, 0.25) is 5.78 Å². The first kappa shape index (κ1) is 14.8. The summed E-state index contributed by atoms with van der Waals surface area (Å²) in [5.74, 6) is -0.300. The topological polar surface area (TPSA) is 43.4 Å². The van der Waals surface area contributed by atoms with Crippen molar-refractivity contribution in [1.29, 1.82) is 0 Å². The summed E-state index contributed by atoms with van der Waals surface area (Å²) in [5.41, 5.74) is 0.700. The van der Waals surface area contributed by atoms with Crippen molar-refractivity contribution in [1.82, 2.24) is 0 Å². The lowest BCUT2D eigenvalue weighted by atomic mass is 10.1. The van der Waals surface area contributed by atoms with Crippen molar-refractivity contribution in [2.24, 2.45) is 0 Å². The second-order valence-corrected chi connectivity index (χ2v) is 6.06. The highest BCUT2D eigenvalue weighted by Crippen LogP contribution is 2.26. The van der Waals surface area contributed by atoms with E-state index in [2.05, 4.69) is 4.74 Å². The van der Waals surface area contributed by atoms with Crippen LogP contribution in [0.2, 0.25) is 0 Å². The van der Waals surface area contributed by atoms with E-state index in [0.717, 1.165) is 9.77 Å². The van der Waals surface area contributed by atoms with E-state index < -0.39 is 0 Å². The summed E-state index contributed by atoms with van der Waals surface area (Å²) >= 11 is 2.89. The third kappa shape index (κ3) is 3.29. The van der Waals surface area contributed by atoms with Gasteiger partial charge in [0, 0.05) is 15.3 Å². The largest absolute Gasteiger partial charge is 0.469 e. The first-order valence-electron chi connectivity index (χ1n) is 5.99. The number of ether oxygens (including phenoxy) is 1. The van der Waals surface area contributed by atoms with E-state index >= 15 is 0 Å². The van der Waals surface area contributed by atoms with Gasteiger partial charge in [-0.15, -0.1) is 23.1 Å². The van der Waals surface area contributed by atoms with Gasteiger partial charge in [-0.3, -0.25) is 9.59 Å². The number of carbonyl (C=O) groups is 2. The lowest BCUT2D eigenvalue weighted by molar-refractivity contribution is -0.139. The molecule has 2 aromatic rings. The van der Waals surface area contributed by atoms with E-state index in [1.54, 1.807) is 23.9 Å². The first-order chi connectivity index (χ1) is 9.65. The summed E-state index contributed by atoms with van der Waals surface area (Å²) in [6.45, 7) is 0. The van der Waals surface area contributed by atoms with Gasteiger partial charge in [0.1, 0.15) is 0 Å². The third-order valence-corrected chi connectivity index (χ3v) is 4.66. The zero-order valence-electron chi connectivity index (χ0n) is 11.2. The molecule has 0 aliphatic heterocycles. The molecule has 104 valence electrons. The number of benzene rings is 1. The van der Waals surface area contributed by atoms with Gasteiger partial charge in [-0.25, -0.2) is 0 Å². The van der Waals surface area contributed by atoms with Crippen molar-refractivity contribution in [2.45, 2.75) is 11.3 Å². The predicted molar refractivity (Wildman–Crippen MR) is 81.7 cm³/mol. The van der Waals surface area contributed by atoms with Crippen LogP contribution in [0.1, 0.15) is 20.1 Å². The fraction of sp³-hybridized carbons (Fsp3) is 0.200. The molecule has 0 fully saturated rings. The van der Waals surface area contributed by atoms with Gasteiger partial charge in [0.15, 0.2) is 0 Å². The highest BCUT2D eigenvalue weighted by atomic mass is 32.2. The Morgan fingerprint density at radius 1 is 1.20 bits per heavy atom. The van der Waals surface area contributed by atoms with Gasteiger partial charge >= 0.3 is 5.97 Å². The number of esters is 1. The minimum atomic E-state index is -0.296. The van der Waals surface area contributed by atoms with Crippen LogP contribution in [0, 0.1) is 0 Å². The Morgan fingerprint density at radius 2 is 1.95 bits per heavy atom.